The van der Waals surface area contributed by atoms with Crippen molar-refractivity contribution in [2.45, 2.75) is 26.3 Å². The summed E-state index contributed by atoms with van der Waals surface area (Å²) >= 11 is 6.06. The van der Waals surface area contributed by atoms with Gasteiger partial charge < -0.3 is 10.1 Å². The highest BCUT2D eigenvalue weighted by Gasteiger charge is 2.29. The van der Waals surface area contributed by atoms with Crippen LogP contribution in [0.4, 0.5) is 0 Å². The van der Waals surface area contributed by atoms with Crippen molar-refractivity contribution in [1.29, 1.82) is 0 Å². The summed E-state index contributed by atoms with van der Waals surface area (Å²) in [4.78, 5) is 11.5. The molecule has 1 saturated carbocycles. The first-order chi connectivity index (χ1) is 8.20. The molecule has 2 rings (SSSR count). The molecule has 0 aliphatic heterocycles. The fourth-order valence-corrected chi connectivity index (χ4v) is 1.86. The third-order valence-corrected chi connectivity index (χ3v) is 3.01. The van der Waals surface area contributed by atoms with E-state index < -0.39 is 0 Å². The van der Waals surface area contributed by atoms with E-state index in [-0.39, 0.29) is 11.8 Å². The van der Waals surface area contributed by atoms with Gasteiger partial charge in [0.15, 0.2) is 0 Å². The van der Waals surface area contributed by atoms with E-state index in [0.717, 1.165) is 18.4 Å². The zero-order chi connectivity index (χ0) is 12.3. The van der Waals surface area contributed by atoms with Gasteiger partial charge in [0.1, 0.15) is 5.75 Å². The van der Waals surface area contributed by atoms with E-state index in [4.69, 9.17) is 16.3 Å². The van der Waals surface area contributed by atoms with Gasteiger partial charge in [0, 0.05) is 12.5 Å². The van der Waals surface area contributed by atoms with Crippen molar-refractivity contribution in [3.05, 3.63) is 28.8 Å². The van der Waals surface area contributed by atoms with Crippen molar-refractivity contribution >= 4 is 17.5 Å². The molecule has 92 valence electrons. The Hall–Kier alpha value is -1.22. The minimum Gasteiger partial charge on any atom is -0.492 e. The molecule has 1 aromatic carbocycles. The van der Waals surface area contributed by atoms with E-state index in [1.54, 1.807) is 0 Å². The van der Waals surface area contributed by atoms with Crippen molar-refractivity contribution in [1.82, 2.24) is 5.32 Å². The molecule has 0 atom stereocenters. The second-order valence-electron chi connectivity index (χ2n) is 4.19. The molecule has 0 unspecified atom stereocenters. The smallest absolute Gasteiger partial charge is 0.223 e. The Labute approximate surface area is 106 Å². The normalized spacial score (nSPS) is 14.5. The number of amides is 1. The Bertz CT molecular complexity index is 416. The molecule has 0 spiro atoms. The number of ether oxygens (including phenoxy) is 1. The molecule has 1 aliphatic rings. The van der Waals surface area contributed by atoms with Crippen LogP contribution >= 0.6 is 11.6 Å². The Morgan fingerprint density at radius 1 is 1.53 bits per heavy atom. The van der Waals surface area contributed by atoms with Gasteiger partial charge in [0.05, 0.1) is 11.6 Å². The van der Waals surface area contributed by atoms with Crippen LogP contribution in [0.25, 0.3) is 0 Å². The maximum atomic E-state index is 11.5. The summed E-state index contributed by atoms with van der Waals surface area (Å²) in [6.07, 6.45) is 2.05. The fourth-order valence-electron chi connectivity index (χ4n) is 1.61. The quantitative estimate of drug-likeness (QED) is 0.876. The molecule has 0 saturated heterocycles. The Balaban J connectivity index is 1.92. The predicted octanol–water partition coefficient (Wildman–Crippen LogP) is 2.76. The first kappa shape index (κ1) is 12.2. The molecule has 0 radical (unpaired) electrons. The van der Waals surface area contributed by atoms with E-state index >= 15 is 0 Å². The van der Waals surface area contributed by atoms with Crippen molar-refractivity contribution < 1.29 is 9.53 Å². The summed E-state index contributed by atoms with van der Waals surface area (Å²) in [5.74, 6) is 1.08. The molecule has 1 amide bonds. The Morgan fingerprint density at radius 3 is 2.88 bits per heavy atom. The van der Waals surface area contributed by atoms with E-state index in [2.05, 4.69) is 5.32 Å². The standard InChI is InChI=1S/C13H16ClNO2/c1-2-17-12-6-3-9(7-11(12)14)8-15-13(16)10-4-5-10/h3,6-7,10H,2,4-5,8H2,1H3,(H,15,16). The van der Waals surface area contributed by atoms with Gasteiger partial charge in [0.2, 0.25) is 5.91 Å². The Morgan fingerprint density at radius 2 is 2.29 bits per heavy atom. The van der Waals surface area contributed by atoms with Gasteiger partial charge in [-0.1, -0.05) is 17.7 Å². The van der Waals surface area contributed by atoms with Gasteiger partial charge in [-0.2, -0.15) is 0 Å². The number of halogens is 1. The molecule has 0 heterocycles. The van der Waals surface area contributed by atoms with Crippen molar-refractivity contribution in [2.75, 3.05) is 6.61 Å². The molecular formula is C13H16ClNO2. The summed E-state index contributed by atoms with van der Waals surface area (Å²) in [7, 11) is 0. The number of benzene rings is 1. The maximum absolute atomic E-state index is 11.5. The largest absolute Gasteiger partial charge is 0.492 e. The minimum atomic E-state index is 0.148. The summed E-state index contributed by atoms with van der Waals surface area (Å²) in [5.41, 5.74) is 0.993. The molecule has 3 nitrogen and oxygen atoms in total. The lowest BCUT2D eigenvalue weighted by atomic mass is 10.2. The summed E-state index contributed by atoms with van der Waals surface area (Å²) in [5, 5.41) is 3.49. The van der Waals surface area contributed by atoms with Gasteiger partial charge in [-0.3, -0.25) is 4.79 Å². The molecule has 0 bridgehead atoms. The third kappa shape index (κ3) is 3.37. The van der Waals surface area contributed by atoms with Crippen molar-refractivity contribution in [2.24, 2.45) is 5.92 Å². The van der Waals surface area contributed by atoms with Gasteiger partial charge in [-0.25, -0.2) is 0 Å². The van der Waals surface area contributed by atoms with Crippen LogP contribution in [0.1, 0.15) is 25.3 Å². The molecule has 0 aromatic heterocycles. The van der Waals surface area contributed by atoms with Crippen LogP contribution in [0.5, 0.6) is 5.75 Å². The van der Waals surface area contributed by atoms with Crippen LogP contribution in [-0.4, -0.2) is 12.5 Å². The van der Waals surface area contributed by atoms with Gasteiger partial charge in [-0.15, -0.1) is 0 Å². The maximum Gasteiger partial charge on any atom is 0.223 e. The van der Waals surface area contributed by atoms with Crippen molar-refractivity contribution in [3.63, 3.8) is 0 Å². The minimum absolute atomic E-state index is 0.148. The van der Waals surface area contributed by atoms with Crippen LogP contribution in [0.2, 0.25) is 5.02 Å². The summed E-state index contributed by atoms with van der Waals surface area (Å²) in [6.45, 7) is 3.04. The second kappa shape index (κ2) is 5.41. The molecule has 17 heavy (non-hydrogen) atoms. The lowest BCUT2D eigenvalue weighted by Gasteiger charge is -2.08. The number of hydrogen-bond donors (Lipinski definition) is 1. The summed E-state index contributed by atoms with van der Waals surface area (Å²) in [6, 6.07) is 5.59. The van der Waals surface area contributed by atoms with E-state index in [1.165, 1.54) is 0 Å². The lowest BCUT2D eigenvalue weighted by Crippen LogP contribution is -2.24. The Kier molecular flexibility index (Phi) is 3.89. The number of carbonyl (C=O) groups is 1. The molecular weight excluding hydrogens is 238 g/mol. The van der Waals surface area contributed by atoms with Crippen molar-refractivity contribution in [3.8, 4) is 5.75 Å². The van der Waals surface area contributed by atoms with Gasteiger partial charge in [-0.05, 0) is 37.5 Å². The SMILES string of the molecule is CCOc1ccc(CNC(=O)C2CC2)cc1Cl. The highest BCUT2D eigenvalue weighted by atomic mass is 35.5. The van der Waals surface area contributed by atoms with Crippen LogP contribution in [0.3, 0.4) is 0 Å². The van der Waals surface area contributed by atoms with Crippen LogP contribution in [0.15, 0.2) is 18.2 Å². The molecule has 1 aliphatic carbocycles. The number of hydrogen-bond acceptors (Lipinski definition) is 2. The average Bonchev–Trinajstić information content (AvgIpc) is 3.13. The first-order valence-corrected chi connectivity index (χ1v) is 6.27. The van der Waals surface area contributed by atoms with E-state index in [1.807, 2.05) is 25.1 Å². The molecule has 1 N–H and O–H groups in total. The van der Waals surface area contributed by atoms with E-state index in [9.17, 15) is 4.79 Å². The average molecular weight is 254 g/mol. The zero-order valence-electron chi connectivity index (χ0n) is 9.83. The van der Waals surface area contributed by atoms with Crippen LogP contribution in [0, 0.1) is 5.92 Å². The number of rotatable bonds is 5. The second-order valence-corrected chi connectivity index (χ2v) is 4.60. The third-order valence-electron chi connectivity index (χ3n) is 2.71. The molecule has 1 fully saturated rings. The highest BCUT2D eigenvalue weighted by Crippen LogP contribution is 2.29. The summed E-state index contributed by atoms with van der Waals surface area (Å²) < 4.78 is 5.35. The molecule has 4 heteroatoms. The topological polar surface area (TPSA) is 38.3 Å². The molecule has 1 aromatic rings. The van der Waals surface area contributed by atoms with Gasteiger partial charge in [0.25, 0.3) is 0 Å². The lowest BCUT2D eigenvalue weighted by molar-refractivity contribution is -0.122. The predicted molar refractivity (Wildman–Crippen MR) is 67.2 cm³/mol. The monoisotopic (exact) mass is 253 g/mol. The number of nitrogens with one attached hydrogen (secondary N) is 1. The highest BCUT2D eigenvalue weighted by molar-refractivity contribution is 6.32. The van der Waals surface area contributed by atoms with E-state index in [0.29, 0.717) is 23.9 Å². The fraction of sp³-hybridized carbons (Fsp3) is 0.462. The first-order valence-electron chi connectivity index (χ1n) is 5.89. The van der Waals surface area contributed by atoms with Crippen LogP contribution < -0.4 is 10.1 Å². The zero-order valence-corrected chi connectivity index (χ0v) is 10.6. The number of carbonyl (C=O) groups excluding carboxylic acids is 1. The van der Waals surface area contributed by atoms with Gasteiger partial charge >= 0.3 is 0 Å². The van der Waals surface area contributed by atoms with Crippen LogP contribution in [-0.2, 0) is 11.3 Å².